The predicted octanol–water partition coefficient (Wildman–Crippen LogP) is 1.75. The average molecular weight is 212 g/mol. The van der Waals surface area contributed by atoms with E-state index in [2.05, 4.69) is 19.2 Å². The van der Waals surface area contributed by atoms with Gasteiger partial charge < -0.3 is 4.90 Å². The van der Waals surface area contributed by atoms with Crippen LogP contribution in [-0.4, -0.2) is 29.9 Å². The number of amides is 3. The van der Waals surface area contributed by atoms with E-state index in [4.69, 9.17) is 0 Å². The third-order valence-corrected chi connectivity index (χ3v) is 2.60. The van der Waals surface area contributed by atoms with Crippen molar-refractivity contribution in [1.29, 1.82) is 0 Å². The van der Waals surface area contributed by atoms with E-state index in [1.165, 1.54) is 6.42 Å². The molecule has 0 aromatic carbocycles. The van der Waals surface area contributed by atoms with Gasteiger partial charge in [-0.25, -0.2) is 4.79 Å². The minimum absolute atomic E-state index is 0.154. The largest absolute Gasteiger partial charge is 0.324 e. The Morgan fingerprint density at radius 3 is 2.67 bits per heavy atom. The van der Waals surface area contributed by atoms with Crippen molar-refractivity contribution in [3.63, 3.8) is 0 Å². The zero-order chi connectivity index (χ0) is 11.3. The number of carbonyl (C=O) groups excluding carboxylic acids is 2. The number of urea groups is 1. The molecule has 0 radical (unpaired) electrons. The third kappa shape index (κ3) is 4.32. The fourth-order valence-electron chi connectivity index (χ4n) is 1.67. The first kappa shape index (κ1) is 12.0. The van der Waals surface area contributed by atoms with Crippen molar-refractivity contribution in [2.45, 2.75) is 39.5 Å². The minimum atomic E-state index is -0.226. The Kier molecular flexibility index (Phi) is 4.59. The lowest BCUT2D eigenvalue weighted by Gasteiger charge is -2.26. The molecular weight excluding hydrogens is 192 g/mol. The fourth-order valence-corrected chi connectivity index (χ4v) is 1.67. The molecule has 0 aromatic heterocycles. The molecule has 3 amide bonds. The van der Waals surface area contributed by atoms with Crippen LogP contribution >= 0.6 is 0 Å². The normalized spacial score (nSPS) is 17.1. The highest BCUT2D eigenvalue weighted by atomic mass is 16.2. The van der Waals surface area contributed by atoms with Gasteiger partial charge in [-0.15, -0.1) is 0 Å². The molecule has 0 aromatic rings. The maximum Gasteiger partial charge on any atom is 0.324 e. The lowest BCUT2D eigenvalue weighted by Crippen LogP contribution is -2.49. The molecule has 0 aliphatic carbocycles. The van der Waals surface area contributed by atoms with Gasteiger partial charge in [-0.3, -0.25) is 10.1 Å². The molecule has 1 N–H and O–H groups in total. The number of hydrogen-bond donors (Lipinski definition) is 1. The second-order valence-electron chi connectivity index (χ2n) is 4.48. The Morgan fingerprint density at radius 1 is 1.33 bits per heavy atom. The number of unbranched alkanes of at least 4 members (excludes halogenated alkanes) is 1. The van der Waals surface area contributed by atoms with Crippen LogP contribution in [0.3, 0.4) is 0 Å². The van der Waals surface area contributed by atoms with Gasteiger partial charge in [0, 0.05) is 19.5 Å². The molecule has 4 heteroatoms. The first-order chi connectivity index (χ1) is 7.09. The van der Waals surface area contributed by atoms with Crippen molar-refractivity contribution in [3.05, 3.63) is 0 Å². The van der Waals surface area contributed by atoms with Gasteiger partial charge in [0.25, 0.3) is 0 Å². The molecule has 1 fully saturated rings. The van der Waals surface area contributed by atoms with E-state index in [9.17, 15) is 9.59 Å². The van der Waals surface area contributed by atoms with Crippen molar-refractivity contribution in [2.24, 2.45) is 5.92 Å². The van der Waals surface area contributed by atoms with Gasteiger partial charge >= 0.3 is 6.03 Å². The highest BCUT2D eigenvalue weighted by Crippen LogP contribution is 2.08. The first-order valence-corrected chi connectivity index (χ1v) is 5.68. The van der Waals surface area contributed by atoms with E-state index in [0.717, 1.165) is 25.3 Å². The Labute approximate surface area is 91.0 Å². The molecule has 0 saturated carbocycles. The molecule has 1 aliphatic heterocycles. The predicted molar refractivity (Wildman–Crippen MR) is 58.4 cm³/mol. The summed E-state index contributed by atoms with van der Waals surface area (Å²) in [5.41, 5.74) is 0. The molecule has 1 saturated heterocycles. The molecule has 15 heavy (non-hydrogen) atoms. The minimum Gasteiger partial charge on any atom is -0.324 e. The van der Waals surface area contributed by atoms with E-state index in [1.807, 2.05) is 0 Å². The molecule has 1 rings (SSSR count). The quantitative estimate of drug-likeness (QED) is 0.706. The highest BCUT2D eigenvalue weighted by Gasteiger charge is 2.21. The molecule has 1 heterocycles. The lowest BCUT2D eigenvalue weighted by atomic mass is 10.1. The zero-order valence-electron chi connectivity index (χ0n) is 9.58. The molecule has 4 nitrogen and oxygen atoms in total. The van der Waals surface area contributed by atoms with Gasteiger partial charge in [0.05, 0.1) is 0 Å². The van der Waals surface area contributed by atoms with E-state index < -0.39 is 0 Å². The molecular formula is C11H20N2O2. The van der Waals surface area contributed by atoms with Gasteiger partial charge in [0.2, 0.25) is 5.91 Å². The Bertz CT molecular complexity index is 239. The second-order valence-corrected chi connectivity index (χ2v) is 4.48. The van der Waals surface area contributed by atoms with Gasteiger partial charge in [-0.05, 0) is 12.3 Å². The standard InChI is InChI=1S/C11H20N2O2/c1-9(2)5-3-4-7-13-8-6-10(14)12-11(13)15/h9H,3-8H2,1-2H3,(H,12,14,15). The summed E-state index contributed by atoms with van der Waals surface area (Å²) in [4.78, 5) is 23.9. The van der Waals surface area contributed by atoms with Gasteiger partial charge in [0.1, 0.15) is 0 Å². The zero-order valence-corrected chi connectivity index (χ0v) is 9.58. The number of rotatable bonds is 5. The van der Waals surface area contributed by atoms with Crippen molar-refractivity contribution >= 4 is 11.9 Å². The molecule has 0 atom stereocenters. The van der Waals surface area contributed by atoms with Crippen LogP contribution in [0.4, 0.5) is 4.79 Å². The van der Waals surface area contributed by atoms with Crippen LogP contribution in [0.1, 0.15) is 39.5 Å². The summed E-state index contributed by atoms with van der Waals surface area (Å²) in [5.74, 6) is 0.570. The summed E-state index contributed by atoms with van der Waals surface area (Å²) in [6, 6.07) is -0.226. The monoisotopic (exact) mass is 212 g/mol. The van der Waals surface area contributed by atoms with Crippen LogP contribution in [0.5, 0.6) is 0 Å². The number of imide groups is 1. The Morgan fingerprint density at radius 2 is 2.07 bits per heavy atom. The molecule has 0 spiro atoms. The average Bonchev–Trinajstić information content (AvgIpc) is 2.14. The van der Waals surface area contributed by atoms with Crippen LogP contribution in [0.25, 0.3) is 0 Å². The van der Waals surface area contributed by atoms with Crippen LogP contribution in [0.15, 0.2) is 0 Å². The summed E-state index contributed by atoms with van der Waals surface area (Å²) < 4.78 is 0. The van der Waals surface area contributed by atoms with Crippen LogP contribution < -0.4 is 5.32 Å². The van der Waals surface area contributed by atoms with E-state index in [0.29, 0.717) is 13.0 Å². The van der Waals surface area contributed by atoms with Crippen molar-refractivity contribution in [2.75, 3.05) is 13.1 Å². The Hall–Kier alpha value is -1.06. The maximum absolute atomic E-state index is 11.3. The van der Waals surface area contributed by atoms with Crippen molar-refractivity contribution in [3.8, 4) is 0 Å². The topological polar surface area (TPSA) is 49.4 Å². The van der Waals surface area contributed by atoms with Crippen LogP contribution in [-0.2, 0) is 4.79 Å². The molecule has 0 unspecified atom stereocenters. The summed E-state index contributed by atoms with van der Waals surface area (Å²) in [5, 5.41) is 2.33. The third-order valence-electron chi connectivity index (χ3n) is 2.60. The van der Waals surface area contributed by atoms with Gasteiger partial charge in [-0.1, -0.05) is 26.7 Å². The van der Waals surface area contributed by atoms with Crippen LogP contribution in [0.2, 0.25) is 0 Å². The number of hydrogen-bond acceptors (Lipinski definition) is 2. The molecule has 86 valence electrons. The van der Waals surface area contributed by atoms with E-state index >= 15 is 0 Å². The summed E-state index contributed by atoms with van der Waals surface area (Å²) in [7, 11) is 0. The maximum atomic E-state index is 11.3. The number of nitrogens with one attached hydrogen (secondary N) is 1. The van der Waals surface area contributed by atoms with E-state index in [1.54, 1.807) is 4.90 Å². The first-order valence-electron chi connectivity index (χ1n) is 5.68. The smallest absolute Gasteiger partial charge is 0.324 e. The van der Waals surface area contributed by atoms with Gasteiger partial charge in [0.15, 0.2) is 0 Å². The van der Waals surface area contributed by atoms with Crippen LogP contribution in [0, 0.1) is 5.92 Å². The number of nitrogens with zero attached hydrogens (tertiary/aromatic N) is 1. The Balaban J connectivity index is 2.16. The van der Waals surface area contributed by atoms with E-state index in [-0.39, 0.29) is 11.9 Å². The molecule has 0 bridgehead atoms. The lowest BCUT2D eigenvalue weighted by molar-refractivity contribution is -0.121. The fraction of sp³-hybridized carbons (Fsp3) is 0.818. The second kappa shape index (κ2) is 5.73. The van der Waals surface area contributed by atoms with Crippen molar-refractivity contribution < 1.29 is 9.59 Å². The molecule has 1 aliphatic rings. The summed E-state index contributed by atoms with van der Waals surface area (Å²) >= 11 is 0. The summed E-state index contributed by atoms with van der Waals surface area (Å²) in [6.45, 7) is 5.75. The van der Waals surface area contributed by atoms with Crippen molar-refractivity contribution in [1.82, 2.24) is 10.2 Å². The highest BCUT2D eigenvalue weighted by molar-refractivity contribution is 5.96. The summed E-state index contributed by atoms with van der Waals surface area (Å²) in [6.07, 6.45) is 3.82. The number of carbonyl (C=O) groups is 2. The van der Waals surface area contributed by atoms with Gasteiger partial charge in [-0.2, -0.15) is 0 Å². The SMILES string of the molecule is CC(C)CCCCN1CCC(=O)NC1=O.